The van der Waals surface area contributed by atoms with Gasteiger partial charge in [0.2, 0.25) is 0 Å². The number of hydrogen-bond acceptors (Lipinski definition) is 6. The second kappa shape index (κ2) is 20.7. The zero-order chi connectivity index (χ0) is 35.3. The zero-order valence-electron chi connectivity index (χ0n) is 33.1. The minimum Gasteiger partial charge on any atom is -0.380 e. The number of rotatable bonds is 24. The maximum atomic E-state index is 6.51. The molecule has 3 fully saturated rings. The molecule has 0 amide bonds. The van der Waals surface area contributed by atoms with Gasteiger partial charge in [0, 0.05) is 19.8 Å². The van der Waals surface area contributed by atoms with Gasteiger partial charge in [0.25, 0.3) is 0 Å². The molecule has 0 heterocycles. The third-order valence-electron chi connectivity index (χ3n) is 14.0. The minimum atomic E-state index is -0.561. The van der Waals surface area contributed by atoms with Crippen LogP contribution in [0.3, 0.4) is 0 Å². The van der Waals surface area contributed by atoms with E-state index in [4.69, 9.17) is 25.7 Å². The summed E-state index contributed by atoms with van der Waals surface area (Å²) in [6.45, 7) is 18.5. The second-order valence-corrected chi connectivity index (χ2v) is 18.0. The van der Waals surface area contributed by atoms with Gasteiger partial charge in [0.05, 0.1) is 25.4 Å². The molecule has 0 saturated heterocycles. The Morgan fingerprint density at radius 2 is 1.49 bits per heavy atom. The third kappa shape index (κ3) is 11.7. The summed E-state index contributed by atoms with van der Waals surface area (Å²) in [4.78, 5) is 0. The molecule has 0 aliphatic heterocycles. The van der Waals surface area contributed by atoms with Crippen LogP contribution in [0.1, 0.15) is 164 Å². The van der Waals surface area contributed by atoms with E-state index in [9.17, 15) is 0 Å². The van der Waals surface area contributed by atoms with Crippen molar-refractivity contribution in [3.05, 3.63) is 11.6 Å². The minimum absolute atomic E-state index is 0.0207. The normalized spacial score (nSPS) is 32.5. The Bertz CT molecular complexity index is 957. The predicted molar refractivity (Wildman–Crippen MR) is 206 cm³/mol. The monoisotopic (exact) mass is 688 g/mol. The van der Waals surface area contributed by atoms with Crippen LogP contribution in [-0.2, 0) is 14.2 Å². The van der Waals surface area contributed by atoms with Crippen molar-refractivity contribution in [2.24, 2.45) is 57.8 Å². The van der Waals surface area contributed by atoms with Crippen LogP contribution in [0.4, 0.5) is 0 Å². The highest BCUT2D eigenvalue weighted by atomic mass is 16.5. The Morgan fingerprint density at radius 3 is 2.20 bits per heavy atom. The molecule has 6 nitrogen and oxygen atoms in total. The smallest absolute Gasteiger partial charge is 0.107 e. The van der Waals surface area contributed by atoms with Crippen LogP contribution in [-0.4, -0.2) is 51.5 Å². The lowest BCUT2D eigenvalue weighted by molar-refractivity contribution is -0.0643. The van der Waals surface area contributed by atoms with E-state index >= 15 is 0 Å². The lowest BCUT2D eigenvalue weighted by Gasteiger charge is -2.58. The van der Waals surface area contributed by atoms with Gasteiger partial charge < -0.3 is 25.7 Å². The summed E-state index contributed by atoms with van der Waals surface area (Å²) in [7, 11) is 0. The number of ether oxygens (including phenoxy) is 3. The molecule has 5 N–H and O–H groups in total. The fourth-order valence-electron chi connectivity index (χ4n) is 11.2. The van der Waals surface area contributed by atoms with Crippen LogP contribution >= 0.6 is 0 Å². The van der Waals surface area contributed by atoms with E-state index in [2.05, 4.69) is 52.9 Å². The lowest BCUT2D eigenvalue weighted by atomic mass is 9.47. The number of nitrogens with two attached hydrogens (primary N) is 2. The number of fused-ring (bicyclic) bond motifs is 5. The van der Waals surface area contributed by atoms with Crippen molar-refractivity contribution in [1.82, 2.24) is 5.32 Å². The Morgan fingerprint density at radius 1 is 0.796 bits per heavy atom. The maximum Gasteiger partial charge on any atom is 0.107 e. The van der Waals surface area contributed by atoms with Crippen molar-refractivity contribution in [3.63, 3.8) is 0 Å². The van der Waals surface area contributed by atoms with E-state index in [0.717, 1.165) is 81.0 Å². The van der Waals surface area contributed by atoms with Gasteiger partial charge in [-0.3, -0.25) is 5.32 Å². The molecule has 0 aromatic rings. The van der Waals surface area contributed by atoms with Crippen molar-refractivity contribution in [1.29, 1.82) is 0 Å². The molecule has 4 aliphatic carbocycles. The summed E-state index contributed by atoms with van der Waals surface area (Å²) < 4.78 is 18.4. The van der Waals surface area contributed by atoms with Gasteiger partial charge in [-0.25, -0.2) is 0 Å². The Hall–Kier alpha value is -0.500. The van der Waals surface area contributed by atoms with E-state index in [-0.39, 0.29) is 6.04 Å². The summed E-state index contributed by atoms with van der Waals surface area (Å²) in [5, 5.41) is 3.19. The van der Waals surface area contributed by atoms with Crippen LogP contribution in [0.15, 0.2) is 11.6 Å². The Balaban J connectivity index is 1.13. The first-order chi connectivity index (χ1) is 23.6. The molecule has 0 unspecified atom stereocenters. The van der Waals surface area contributed by atoms with Crippen molar-refractivity contribution in [2.75, 3.05) is 33.0 Å². The Labute approximate surface area is 303 Å². The van der Waals surface area contributed by atoms with Gasteiger partial charge in [0.1, 0.15) is 6.29 Å². The van der Waals surface area contributed by atoms with Crippen molar-refractivity contribution >= 4 is 0 Å². The van der Waals surface area contributed by atoms with Gasteiger partial charge in [-0.2, -0.15) is 0 Å². The van der Waals surface area contributed by atoms with Gasteiger partial charge in [-0.15, -0.1) is 0 Å². The zero-order valence-corrected chi connectivity index (χ0v) is 33.1. The highest BCUT2D eigenvalue weighted by Gasteiger charge is 2.59. The molecule has 0 bridgehead atoms. The topological polar surface area (TPSA) is 91.8 Å². The summed E-state index contributed by atoms with van der Waals surface area (Å²) in [5.41, 5.74) is 14.3. The molecule has 9 atom stereocenters. The summed E-state index contributed by atoms with van der Waals surface area (Å²) in [6, 6.07) is 0.0207. The average Bonchev–Trinajstić information content (AvgIpc) is 3.42. The van der Waals surface area contributed by atoms with Gasteiger partial charge in [-0.1, -0.05) is 105 Å². The molecule has 6 heteroatoms. The predicted octanol–water partition coefficient (Wildman–Crippen LogP) is 9.75. The quantitative estimate of drug-likeness (QED) is 0.0532. The first-order valence-electron chi connectivity index (χ1n) is 21.3. The first-order valence-corrected chi connectivity index (χ1v) is 21.3. The summed E-state index contributed by atoms with van der Waals surface area (Å²) in [5.74, 6) is 5.39. The SMILES string of the molecule is CCCCCCCCOC[C@H](COCCCCO[C@H]1CC[C@@]2(C)C(=CC[C@H]3[C@@H]4CC[C@H]([C@H](C)CCCC(C)C)[C@@]4(C)CC[C@@H]32)C1)NC(N)N. The summed E-state index contributed by atoms with van der Waals surface area (Å²) in [6.07, 6.45) is 27.3. The molecular formula is C43H81N3O3. The van der Waals surface area contributed by atoms with Crippen LogP contribution in [0.5, 0.6) is 0 Å². The van der Waals surface area contributed by atoms with E-state index in [1.807, 2.05) is 0 Å². The summed E-state index contributed by atoms with van der Waals surface area (Å²) >= 11 is 0. The van der Waals surface area contributed by atoms with Crippen molar-refractivity contribution in [2.45, 2.75) is 182 Å². The van der Waals surface area contributed by atoms with Gasteiger partial charge in [0.15, 0.2) is 0 Å². The molecule has 0 spiro atoms. The van der Waals surface area contributed by atoms with Gasteiger partial charge in [-0.05, 0) is 117 Å². The van der Waals surface area contributed by atoms with Crippen molar-refractivity contribution < 1.29 is 14.2 Å². The van der Waals surface area contributed by atoms with Crippen LogP contribution in [0.25, 0.3) is 0 Å². The highest BCUT2D eigenvalue weighted by molar-refractivity contribution is 5.25. The fourth-order valence-corrected chi connectivity index (χ4v) is 11.2. The average molecular weight is 688 g/mol. The molecule has 286 valence electrons. The molecular weight excluding hydrogens is 606 g/mol. The van der Waals surface area contributed by atoms with E-state index in [1.165, 1.54) is 96.3 Å². The molecule has 49 heavy (non-hydrogen) atoms. The molecule has 3 saturated carbocycles. The number of hydrogen-bond donors (Lipinski definition) is 3. The number of nitrogens with one attached hydrogen (secondary N) is 1. The third-order valence-corrected chi connectivity index (χ3v) is 14.0. The van der Waals surface area contributed by atoms with Crippen molar-refractivity contribution in [3.8, 4) is 0 Å². The highest BCUT2D eigenvalue weighted by Crippen LogP contribution is 2.67. The van der Waals surface area contributed by atoms with E-state index < -0.39 is 6.29 Å². The molecule has 4 rings (SSSR count). The van der Waals surface area contributed by atoms with Crippen LogP contribution < -0.4 is 16.8 Å². The molecule has 0 aromatic carbocycles. The number of allylic oxidation sites excluding steroid dienone is 1. The molecule has 0 aromatic heterocycles. The standard InChI is InChI=1S/C43H81N3O3/c1-7-8-9-10-11-12-26-47-30-35(46-41(44)45)31-48-27-13-14-28-49-36-22-24-42(5)34(29-36)18-19-37-39-21-20-38(33(4)17-15-16-32(2)3)43(39,6)25-23-40(37)42/h18,32-33,35-41,46H,7-17,19-31,44-45H2,1-6H3/t33-,35-,36+,37+,38-,39+,40+,42+,43-/m1/s1. The Kier molecular flexibility index (Phi) is 17.4. The number of unbranched alkanes of at least 4 members (excludes halogenated alkanes) is 6. The van der Waals surface area contributed by atoms with Crippen LogP contribution in [0.2, 0.25) is 0 Å². The van der Waals surface area contributed by atoms with E-state index in [1.54, 1.807) is 5.57 Å². The fraction of sp³-hybridized carbons (Fsp3) is 0.953. The second-order valence-electron chi connectivity index (χ2n) is 18.0. The molecule has 0 radical (unpaired) electrons. The maximum absolute atomic E-state index is 6.51. The van der Waals surface area contributed by atoms with Crippen LogP contribution in [0, 0.1) is 46.3 Å². The van der Waals surface area contributed by atoms with Gasteiger partial charge >= 0.3 is 0 Å². The first kappa shape index (κ1) is 41.3. The lowest BCUT2D eigenvalue weighted by Crippen LogP contribution is -2.53. The molecule has 4 aliphatic rings. The van der Waals surface area contributed by atoms with E-state index in [0.29, 0.717) is 30.1 Å². The largest absolute Gasteiger partial charge is 0.380 e.